The van der Waals surface area contributed by atoms with Crippen LogP contribution in [0.5, 0.6) is 11.5 Å². The Morgan fingerprint density at radius 2 is 1.83 bits per heavy atom. The molecule has 0 atom stereocenters. The molecule has 0 N–H and O–H groups in total. The normalized spacial score (nSPS) is 12.5. The number of benzene rings is 2. The lowest BCUT2D eigenvalue weighted by Gasteiger charge is -2.24. The molecule has 0 saturated heterocycles. The van der Waals surface area contributed by atoms with Gasteiger partial charge in [-0.15, -0.1) is 0 Å². The van der Waals surface area contributed by atoms with E-state index >= 15 is 0 Å². The molecule has 4 heteroatoms. The number of rotatable bonds is 6. The fourth-order valence-corrected chi connectivity index (χ4v) is 2.92. The quantitative estimate of drug-likeness (QED) is 0.570. The summed E-state index contributed by atoms with van der Waals surface area (Å²) in [6.07, 6.45) is 2.12. The fraction of sp³-hybridized carbons (Fsp3) is 0.350. The van der Waals surface area contributed by atoms with Gasteiger partial charge in [-0.25, -0.2) is 0 Å². The molecule has 126 valence electrons. The third-order valence-electron chi connectivity index (χ3n) is 4.04. The highest BCUT2D eigenvalue weighted by Crippen LogP contribution is 2.37. The van der Waals surface area contributed by atoms with Gasteiger partial charge in [0.2, 0.25) is 0 Å². The van der Waals surface area contributed by atoms with E-state index in [1.807, 2.05) is 56.3 Å². The van der Waals surface area contributed by atoms with E-state index in [9.17, 15) is 4.79 Å². The molecule has 4 nitrogen and oxygen atoms in total. The van der Waals surface area contributed by atoms with Gasteiger partial charge in [0.1, 0.15) is 5.60 Å². The van der Waals surface area contributed by atoms with E-state index < -0.39 is 5.60 Å². The summed E-state index contributed by atoms with van der Waals surface area (Å²) < 4.78 is 5.57. The first-order valence-corrected chi connectivity index (χ1v) is 8.26. The standard InChI is InChI=1S/C20H22O4/c1-4-11-20(2,3)22-19(21)12-14-5-7-15(8-6-14)17-10-9-16-13-18(17)24-23-16/h5-10,13H,4,11-12H2,1-3H3. The number of carbonyl (C=O) groups is 1. The van der Waals surface area contributed by atoms with Crippen molar-refractivity contribution in [3.63, 3.8) is 0 Å². The van der Waals surface area contributed by atoms with Gasteiger partial charge in [-0.05, 0) is 43.5 Å². The van der Waals surface area contributed by atoms with Gasteiger partial charge in [0.25, 0.3) is 0 Å². The summed E-state index contributed by atoms with van der Waals surface area (Å²) in [6, 6.07) is 13.5. The highest BCUT2D eigenvalue weighted by Gasteiger charge is 2.22. The van der Waals surface area contributed by atoms with Crippen LogP contribution >= 0.6 is 0 Å². The van der Waals surface area contributed by atoms with Gasteiger partial charge in [-0.3, -0.25) is 14.6 Å². The lowest BCUT2D eigenvalue weighted by Crippen LogP contribution is -2.28. The highest BCUT2D eigenvalue weighted by atomic mass is 17.2. The molecule has 2 bridgehead atoms. The predicted molar refractivity (Wildman–Crippen MR) is 91.9 cm³/mol. The molecule has 0 spiro atoms. The summed E-state index contributed by atoms with van der Waals surface area (Å²) in [5.74, 6) is 1.23. The molecule has 0 amide bonds. The Labute approximate surface area is 142 Å². The van der Waals surface area contributed by atoms with Crippen molar-refractivity contribution in [2.75, 3.05) is 0 Å². The van der Waals surface area contributed by atoms with Crippen molar-refractivity contribution in [1.29, 1.82) is 0 Å². The zero-order chi connectivity index (χ0) is 17.2. The number of hydrogen-bond donors (Lipinski definition) is 0. The minimum absolute atomic E-state index is 0.194. The first kappa shape index (κ1) is 16.4. The first-order valence-electron chi connectivity index (χ1n) is 8.26. The van der Waals surface area contributed by atoms with Crippen LogP contribution in [0.3, 0.4) is 0 Å². The van der Waals surface area contributed by atoms with Gasteiger partial charge in [0.05, 0.1) is 6.42 Å². The van der Waals surface area contributed by atoms with Gasteiger partial charge in [-0.2, -0.15) is 0 Å². The SMILES string of the molecule is CCCC(C)(C)OC(=O)Cc1ccc(-c2ccc3cc2OO3)cc1. The Bertz CT molecular complexity index is 732. The van der Waals surface area contributed by atoms with Crippen LogP contribution < -0.4 is 9.78 Å². The van der Waals surface area contributed by atoms with Crippen LogP contribution in [0.4, 0.5) is 0 Å². The highest BCUT2D eigenvalue weighted by molar-refractivity contribution is 5.75. The predicted octanol–water partition coefficient (Wildman–Crippen LogP) is 4.70. The second-order valence-electron chi connectivity index (χ2n) is 6.68. The Hall–Kier alpha value is -2.49. The second-order valence-corrected chi connectivity index (χ2v) is 6.68. The van der Waals surface area contributed by atoms with E-state index in [1.54, 1.807) is 0 Å². The van der Waals surface area contributed by atoms with E-state index in [0.717, 1.165) is 29.5 Å². The second kappa shape index (κ2) is 6.56. The zero-order valence-electron chi connectivity index (χ0n) is 14.3. The van der Waals surface area contributed by atoms with Crippen molar-refractivity contribution in [2.45, 2.75) is 45.6 Å². The van der Waals surface area contributed by atoms with E-state index in [4.69, 9.17) is 14.5 Å². The minimum Gasteiger partial charge on any atom is -0.459 e. The van der Waals surface area contributed by atoms with Crippen LogP contribution in [0.15, 0.2) is 42.5 Å². The summed E-state index contributed by atoms with van der Waals surface area (Å²) in [6.45, 7) is 5.99. The van der Waals surface area contributed by atoms with Crippen LogP contribution in [0, 0.1) is 0 Å². The van der Waals surface area contributed by atoms with Crippen LogP contribution in [0.25, 0.3) is 11.1 Å². The summed E-state index contributed by atoms with van der Waals surface area (Å²) in [4.78, 5) is 22.3. The molecule has 0 aromatic heterocycles. The smallest absolute Gasteiger partial charge is 0.310 e. The largest absolute Gasteiger partial charge is 0.459 e. The van der Waals surface area contributed by atoms with E-state index in [2.05, 4.69) is 6.92 Å². The molecule has 0 unspecified atom stereocenters. The van der Waals surface area contributed by atoms with Crippen molar-refractivity contribution in [3.8, 4) is 22.6 Å². The number of ether oxygens (including phenoxy) is 1. The molecule has 1 aliphatic heterocycles. The molecule has 2 aromatic rings. The average molecular weight is 326 g/mol. The van der Waals surface area contributed by atoms with Crippen LogP contribution in [0.1, 0.15) is 39.2 Å². The summed E-state index contributed by atoms with van der Waals surface area (Å²) in [5.41, 5.74) is 2.51. The average Bonchev–Trinajstić information content (AvgIpc) is 2.89. The Morgan fingerprint density at radius 1 is 1.08 bits per heavy atom. The number of fused-ring (bicyclic) bond motifs is 2. The van der Waals surface area contributed by atoms with Gasteiger partial charge in [0.15, 0.2) is 11.5 Å². The monoisotopic (exact) mass is 326 g/mol. The third kappa shape index (κ3) is 3.70. The third-order valence-corrected chi connectivity index (χ3v) is 4.04. The van der Waals surface area contributed by atoms with Gasteiger partial charge in [0, 0.05) is 11.6 Å². The van der Waals surface area contributed by atoms with Gasteiger partial charge >= 0.3 is 5.97 Å². The van der Waals surface area contributed by atoms with Crippen molar-refractivity contribution < 1.29 is 19.3 Å². The van der Waals surface area contributed by atoms with Crippen molar-refractivity contribution in [2.24, 2.45) is 0 Å². The summed E-state index contributed by atoms with van der Waals surface area (Å²) >= 11 is 0. The Morgan fingerprint density at radius 3 is 2.54 bits per heavy atom. The molecule has 0 saturated carbocycles. The van der Waals surface area contributed by atoms with Crippen LogP contribution in [-0.4, -0.2) is 11.6 Å². The molecule has 0 radical (unpaired) electrons. The van der Waals surface area contributed by atoms with Crippen molar-refractivity contribution in [1.82, 2.24) is 0 Å². The fourth-order valence-electron chi connectivity index (χ4n) is 2.92. The number of esters is 1. The number of hydrogen-bond acceptors (Lipinski definition) is 4. The van der Waals surface area contributed by atoms with Gasteiger partial charge < -0.3 is 4.74 Å². The maximum Gasteiger partial charge on any atom is 0.310 e. The Balaban J connectivity index is 1.66. The van der Waals surface area contributed by atoms with Crippen LogP contribution in [-0.2, 0) is 16.0 Å². The Kier molecular flexibility index (Phi) is 4.47. The summed E-state index contributed by atoms with van der Waals surface area (Å²) in [7, 11) is 0. The first-order chi connectivity index (χ1) is 11.5. The van der Waals surface area contributed by atoms with Crippen molar-refractivity contribution in [3.05, 3.63) is 48.0 Å². The molecule has 0 fully saturated rings. The van der Waals surface area contributed by atoms with Gasteiger partial charge in [-0.1, -0.05) is 37.6 Å². The zero-order valence-corrected chi connectivity index (χ0v) is 14.3. The van der Waals surface area contributed by atoms with E-state index in [1.165, 1.54) is 0 Å². The lowest BCUT2D eigenvalue weighted by molar-refractivity contribution is -0.156. The molecule has 1 aliphatic rings. The molecule has 1 heterocycles. The topological polar surface area (TPSA) is 44.8 Å². The molecule has 2 aromatic carbocycles. The molecular formula is C20H22O4. The molecule has 0 aliphatic carbocycles. The maximum absolute atomic E-state index is 12.1. The molecule has 24 heavy (non-hydrogen) atoms. The minimum atomic E-state index is -0.408. The lowest BCUT2D eigenvalue weighted by atomic mass is 10.0. The molecular weight excluding hydrogens is 304 g/mol. The summed E-state index contributed by atoms with van der Waals surface area (Å²) in [5, 5.41) is 0. The van der Waals surface area contributed by atoms with Crippen LogP contribution in [0.2, 0.25) is 0 Å². The van der Waals surface area contributed by atoms with Crippen molar-refractivity contribution >= 4 is 5.97 Å². The van der Waals surface area contributed by atoms with E-state index in [0.29, 0.717) is 11.5 Å². The number of carbonyl (C=O) groups excluding carboxylic acids is 1. The molecule has 3 rings (SSSR count). The maximum atomic E-state index is 12.1. The van der Waals surface area contributed by atoms with E-state index in [-0.39, 0.29) is 12.4 Å².